The first-order valence-electron chi connectivity index (χ1n) is 8.19. The summed E-state index contributed by atoms with van der Waals surface area (Å²) in [6.07, 6.45) is 3.74. The molecular weight excluding hydrogens is 298 g/mol. The van der Waals surface area contributed by atoms with E-state index in [1.54, 1.807) is 17.0 Å². The zero-order valence-electron chi connectivity index (χ0n) is 13.0. The number of nitrogens with zero attached hydrogens (tertiary/aromatic N) is 2. The second kappa shape index (κ2) is 5.56. The highest BCUT2D eigenvalue weighted by molar-refractivity contribution is 5.88. The van der Waals surface area contributed by atoms with Crippen molar-refractivity contribution in [2.45, 2.75) is 31.3 Å². The number of anilines is 1. The van der Waals surface area contributed by atoms with Gasteiger partial charge in [-0.15, -0.1) is 0 Å². The molecule has 1 unspecified atom stereocenters. The SMILES string of the molecule is O=C(Nc1ccc2c(n1)OCCO2)N1CCCC(O)(C2CC2)C1. The number of carbonyl (C=O) groups is 1. The van der Waals surface area contributed by atoms with Gasteiger partial charge in [-0.1, -0.05) is 0 Å². The van der Waals surface area contributed by atoms with Gasteiger partial charge in [0.15, 0.2) is 5.75 Å². The highest BCUT2D eigenvalue weighted by Crippen LogP contribution is 2.44. The van der Waals surface area contributed by atoms with E-state index in [1.165, 1.54) is 0 Å². The Bertz CT molecular complexity index is 619. The minimum Gasteiger partial charge on any atom is -0.484 e. The molecule has 0 spiro atoms. The minimum absolute atomic E-state index is 0.229. The van der Waals surface area contributed by atoms with Crippen LogP contribution in [0.25, 0.3) is 0 Å². The molecule has 0 bridgehead atoms. The average molecular weight is 319 g/mol. The first-order chi connectivity index (χ1) is 11.1. The topological polar surface area (TPSA) is 83.9 Å². The van der Waals surface area contributed by atoms with E-state index in [1.807, 2.05) is 0 Å². The van der Waals surface area contributed by atoms with Crippen LogP contribution in [-0.4, -0.2) is 52.9 Å². The van der Waals surface area contributed by atoms with E-state index < -0.39 is 5.60 Å². The van der Waals surface area contributed by atoms with Crippen LogP contribution in [0, 0.1) is 5.92 Å². The van der Waals surface area contributed by atoms with Crippen LogP contribution in [0.4, 0.5) is 10.6 Å². The molecule has 2 amide bonds. The van der Waals surface area contributed by atoms with Crippen molar-refractivity contribution in [3.63, 3.8) is 0 Å². The molecule has 1 atom stereocenters. The summed E-state index contributed by atoms with van der Waals surface area (Å²) < 4.78 is 10.8. The molecule has 3 aliphatic rings. The lowest BCUT2D eigenvalue weighted by Crippen LogP contribution is -2.52. The summed E-state index contributed by atoms with van der Waals surface area (Å²) in [7, 11) is 0. The number of nitrogens with one attached hydrogen (secondary N) is 1. The average Bonchev–Trinajstić information content (AvgIpc) is 3.40. The number of amides is 2. The van der Waals surface area contributed by atoms with Crippen LogP contribution >= 0.6 is 0 Å². The third kappa shape index (κ3) is 2.93. The Kier molecular flexibility index (Phi) is 3.52. The third-order valence-corrected chi connectivity index (χ3v) is 4.77. The Labute approximate surface area is 134 Å². The molecule has 4 rings (SSSR count). The number of aliphatic hydroxyl groups is 1. The number of carbonyl (C=O) groups excluding carboxylic acids is 1. The molecule has 1 saturated carbocycles. The molecule has 3 heterocycles. The number of rotatable bonds is 2. The summed E-state index contributed by atoms with van der Waals surface area (Å²) in [5.41, 5.74) is -0.712. The third-order valence-electron chi connectivity index (χ3n) is 4.77. The molecule has 1 saturated heterocycles. The van der Waals surface area contributed by atoms with Crippen molar-refractivity contribution in [1.82, 2.24) is 9.88 Å². The number of urea groups is 1. The molecule has 1 aromatic heterocycles. The predicted molar refractivity (Wildman–Crippen MR) is 82.7 cm³/mol. The number of likely N-dealkylation sites (tertiary alicyclic amines) is 1. The van der Waals surface area contributed by atoms with Crippen LogP contribution in [0.15, 0.2) is 12.1 Å². The van der Waals surface area contributed by atoms with E-state index in [9.17, 15) is 9.90 Å². The van der Waals surface area contributed by atoms with Crippen LogP contribution in [-0.2, 0) is 0 Å². The Hall–Kier alpha value is -2.02. The first kappa shape index (κ1) is 14.6. The summed E-state index contributed by atoms with van der Waals surface area (Å²) in [4.78, 5) is 18.4. The fourth-order valence-corrected chi connectivity index (χ4v) is 3.38. The number of fused-ring (bicyclic) bond motifs is 1. The highest BCUT2D eigenvalue weighted by atomic mass is 16.6. The maximum Gasteiger partial charge on any atom is 0.323 e. The fourth-order valence-electron chi connectivity index (χ4n) is 3.38. The standard InChI is InChI=1S/C16H21N3O4/c20-15(19-7-1-6-16(21,10-19)11-2-3-11)18-13-5-4-12-14(17-13)23-9-8-22-12/h4-5,11,21H,1-3,6-10H2,(H,17,18,20). The molecule has 2 N–H and O–H groups in total. The Morgan fingerprint density at radius 2 is 2.17 bits per heavy atom. The molecule has 1 aliphatic carbocycles. The van der Waals surface area contributed by atoms with E-state index in [2.05, 4.69) is 10.3 Å². The van der Waals surface area contributed by atoms with E-state index in [0.29, 0.717) is 49.7 Å². The van der Waals surface area contributed by atoms with Gasteiger partial charge in [-0.05, 0) is 43.7 Å². The second-order valence-corrected chi connectivity index (χ2v) is 6.53. The molecule has 0 radical (unpaired) electrons. The number of ether oxygens (including phenoxy) is 2. The molecule has 2 aliphatic heterocycles. The monoisotopic (exact) mass is 319 g/mol. The number of aromatic nitrogens is 1. The summed E-state index contributed by atoms with van der Waals surface area (Å²) in [6, 6.07) is 3.21. The number of pyridine rings is 1. The van der Waals surface area contributed by atoms with Crippen molar-refractivity contribution in [1.29, 1.82) is 0 Å². The van der Waals surface area contributed by atoms with Crippen LogP contribution < -0.4 is 14.8 Å². The zero-order valence-corrected chi connectivity index (χ0v) is 13.0. The first-order valence-corrected chi connectivity index (χ1v) is 8.19. The summed E-state index contributed by atoms with van der Waals surface area (Å²) in [5, 5.41) is 13.5. The van der Waals surface area contributed by atoms with E-state index >= 15 is 0 Å². The van der Waals surface area contributed by atoms with E-state index in [4.69, 9.17) is 9.47 Å². The molecule has 0 aromatic carbocycles. The lowest BCUT2D eigenvalue weighted by molar-refractivity contribution is -0.0348. The van der Waals surface area contributed by atoms with Crippen LogP contribution in [0.3, 0.4) is 0 Å². The number of β-amino-alcohol motifs (C(OH)–C–C–N with tert-alkyl or cyclic N) is 1. The zero-order chi connectivity index (χ0) is 15.9. The molecule has 124 valence electrons. The lowest BCUT2D eigenvalue weighted by atomic mass is 9.88. The van der Waals surface area contributed by atoms with E-state index in [0.717, 1.165) is 25.7 Å². The van der Waals surface area contributed by atoms with Crippen molar-refractivity contribution >= 4 is 11.8 Å². The predicted octanol–water partition coefficient (Wildman–Crippen LogP) is 1.62. The van der Waals surface area contributed by atoms with Gasteiger partial charge in [0.25, 0.3) is 5.88 Å². The Morgan fingerprint density at radius 3 is 3.00 bits per heavy atom. The molecule has 23 heavy (non-hydrogen) atoms. The second-order valence-electron chi connectivity index (χ2n) is 6.53. The summed E-state index contributed by atoms with van der Waals surface area (Å²) in [5.74, 6) is 1.78. The number of piperidine rings is 1. The molecule has 1 aromatic rings. The van der Waals surface area contributed by atoms with Gasteiger partial charge in [0.05, 0.1) is 12.1 Å². The maximum atomic E-state index is 12.5. The van der Waals surface area contributed by atoms with Crippen molar-refractivity contribution in [2.24, 2.45) is 5.92 Å². The largest absolute Gasteiger partial charge is 0.484 e. The van der Waals surface area contributed by atoms with Crippen LogP contribution in [0.2, 0.25) is 0 Å². The maximum absolute atomic E-state index is 12.5. The lowest BCUT2D eigenvalue weighted by Gasteiger charge is -2.39. The summed E-state index contributed by atoms with van der Waals surface area (Å²) >= 11 is 0. The van der Waals surface area contributed by atoms with Gasteiger partial charge in [0.1, 0.15) is 19.0 Å². The van der Waals surface area contributed by atoms with Crippen molar-refractivity contribution < 1.29 is 19.4 Å². The smallest absolute Gasteiger partial charge is 0.323 e. The Morgan fingerprint density at radius 1 is 1.35 bits per heavy atom. The van der Waals surface area contributed by atoms with Gasteiger partial charge in [-0.25, -0.2) is 4.79 Å². The van der Waals surface area contributed by atoms with Gasteiger partial charge in [-0.2, -0.15) is 4.98 Å². The van der Waals surface area contributed by atoms with Crippen LogP contribution in [0.5, 0.6) is 11.6 Å². The minimum atomic E-state index is -0.712. The fraction of sp³-hybridized carbons (Fsp3) is 0.625. The molecule has 7 nitrogen and oxygen atoms in total. The summed E-state index contributed by atoms with van der Waals surface area (Å²) in [6.45, 7) is 2.02. The quantitative estimate of drug-likeness (QED) is 0.865. The van der Waals surface area contributed by atoms with Gasteiger partial charge in [-0.3, -0.25) is 5.32 Å². The normalized spacial score (nSPS) is 26.7. The van der Waals surface area contributed by atoms with Gasteiger partial charge < -0.3 is 19.5 Å². The molecule has 2 fully saturated rings. The van der Waals surface area contributed by atoms with Gasteiger partial charge in [0, 0.05) is 6.54 Å². The number of hydrogen-bond donors (Lipinski definition) is 2. The Balaban J connectivity index is 1.43. The molecule has 7 heteroatoms. The van der Waals surface area contributed by atoms with Crippen molar-refractivity contribution in [3.8, 4) is 11.6 Å². The van der Waals surface area contributed by atoms with E-state index in [-0.39, 0.29) is 6.03 Å². The van der Waals surface area contributed by atoms with Gasteiger partial charge >= 0.3 is 6.03 Å². The van der Waals surface area contributed by atoms with Crippen molar-refractivity contribution in [2.75, 3.05) is 31.6 Å². The van der Waals surface area contributed by atoms with Gasteiger partial charge in [0.2, 0.25) is 0 Å². The number of hydrogen-bond acceptors (Lipinski definition) is 5. The van der Waals surface area contributed by atoms with Crippen molar-refractivity contribution in [3.05, 3.63) is 12.1 Å². The molecular formula is C16H21N3O4. The highest BCUT2D eigenvalue weighted by Gasteiger charge is 2.46. The van der Waals surface area contributed by atoms with Crippen LogP contribution in [0.1, 0.15) is 25.7 Å².